The van der Waals surface area contributed by atoms with Gasteiger partial charge in [0.1, 0.15) is 6.10 Å². The van der Waals surface area contributed by atoms with Crippen molar-refractivity contribution in [3.8, 4) is 0 Å². The van der Waals surface area contributed by atoms with E-state index in [1.807, 2.05) is 25.1 Å². The Bertz CT molecular complexity index is 332. The third kappa shape index (κ3) is 3.33. The predicted octanol–water partition coefficient (Wildman–Crippen LogP) is 2.88. The number of methoxy groups -OCH3 is 1. The van der Waals surface area contributed by atoms with Gasteiger partial charge in [-0.3, -0.25) is 4.79 Å². The van der Waals surface area contributed by atoms with Crippen LogP contribution in [0.1, 0.15) is 18.9 Å². The molecule has 0 aliphatic heterocycles. The molecular weight excluding hydrogens is 212 g/mol. The van der Waals surface area contributed by atoms with Gasteiger partial charge in [0.05, 0.1) is 0 Å². The summed E-state index contributed by atoms with van der Waals surface area (Å²) in [6.07, 6.45) is 0.715. The van der Waals surface area contributed by atoms with Crippen LogP contribution in [0.25, 0.3) is 0 Å². The molecule has 15 heavy (non-hydrogen) atoms. The molecule has 1 rings (SSSR count). The maximum absolute atomic E-state index is 11.7. The highest BCUT2D eigenvalue weighted by Gasteiger charge is 2.16. The fourth-order valence-corrected chi connectivity index (χ4v) is 1.67. The summed E-state index contributed by atoms with van der Waals surface area (Å²) in [6.45, 7) is 1.93. The summed E-state index contributed by atoms with van der Waals surface area (Å²) < 4.78 is 5.08. The number of ether oxygens (including phenoxy) is 1. The van der Waals surface area contributed by atoms with Crippen LogP contribution >= 0.6 is 11.6 Å². The fourth-order valence-electron chi connectivity index (χ4n) is 1.47. The zero-order chi connectivity index (χ0) is 11.3. The smallest absolute Gasteiger partial charge is 0.165 e. The molecule has 3 heteroatoms. The van der Waals surface area contributed by atoms with Gasteiger partial charge in [0, 0.05) is 18.6 Å². The normalized spacial score (nSPS) is 12.5. The largest absolute Gasteiger partial charge is 0.374 e. The molecule has 0 bridgehead atoms. The molecule has 0 aromatic heterocycles. The Morgan fingerprint density at radius 1 is 1.47 bits per heavy atom. The maximum Gasteiger partial charge on any atom is 0.165 e. The molecule has 2 nitrogen and oxygen atoms in total. The van der Waals surface area contributed by atoms with Crippen LogP contribution in [-0.4, -0.2) is 19.0 Å². The Morgan fingerprint density at radius 3 is 2.67 bits per heavy atom. The third-order valence-electron chi connectivity index (χ3n) is 2.34. The summed E-state index contributed by atoms with van der Waals surface area (Å²) in [5, 5.41) is 0.636. The lowest BCUT2D eigenvalue weighted by molar-refractivity contribution is -0.128. The van der Waals surface area contributed by atoms with Gasteiger partial charge in [-0.25, -0.2) is 0 Å². The van der Waals surface area contributed by atoms with Gasteiger partial charge in [0.15, 0.2) is 5.78 Å². The summed E-state index contributed by atoms with van der Waals surface area (Å²) in [7, 11) is 1.55. The monoisotopic (exact) mass is 226 g/mol. The number of hydrogen-bond donors (Lipinski definition) is 0. The van der Waals surface area contributed by atoms with Crippen LogP contribution in [0, 0.1) is 0 Å². The second-order valence-electron chi connectivity index (χ2n) is 3.37. The second-order valence-corrected chi connectivity index (χ2v) is 3.77. The molecule has 0 saturated heterocycles. The molecule has 0 N–H and O–H groups in total. The van der Waals surface area contributed by atoms with Crippen molar-refractivity contribution in [1.82, 2.24) is 0 Å². The first-order valence-electron chi connectivity index (χ1n) is 4.98. The Hall–Kier alpha value is -0.860. The van der Waals surface area contributed by atoms with E-state index in [0.29, 0.717) is 17.9 Å². The number of rotatable bonds is 5. The lowest BCUT2D eigenvalue weighted by Crippen LogP contribution is -2.23. The van der Waals surface area contributed by atoms with Crippen molar-refractivity contribution in [2.75, 3.05) is 7.11 Å². The predicted molar refractivity (Wildman–Crippen MR) is 61.3 cm³/mol. The second kappa shape index (κ2) is 5.89. The van der Waals surface area contributed by atoms with E-state index in [2.05, 4.69) is 0 Å². The number of carbonyl (C=O) groups is 1. The molecule has 0 amide bonds. The van der Waals surface area contributed by atoms with Crippen LogP contribution < -0.4 is 0 Å². The van der Waals surface area contributed by atoms with Crippen molar-refractivity contribution in [2.24, 2.45) is 0 Å². The van der Waals surface area contributed by atoms with Crippen molar-refractivity contribution >= 4 is 17.4 Å². The first kappa shape index (κ1) is 12.2. The summed E-state index contributed by atoms with van der Waals surface area (Å²) in [5.41, 5.74) is 0.861. The van der Waals surface area contributed by atoms with Crippen molar-refractivity contribution < 1.29 is 9.53 Å². The first-order valence-corrected chi connectivity index (χ1v) is 5.35. The zero-order valence-corrected chi connectivity index (χ0v) is 9.75. The molecule has 0 fully saturated rings. The average Bonchev–Trinajstić information content (AvgIpc) is 2.23. The highest BCUT2D eigenvalue weighted by Crippen LogP contribution is 2.16. The van der Waals surface area contributed by atoms with Gasteiger partial charge in [0.25, 0.3) is 0 Å². The lowest BCUT2D eigenvalue weighted by atomic mass is 10.0. The molecule has 0 heterocycles. The molecule has 1 aromatic carbocycles. The Balaban J connectivity index is 2.70. The summed E-state index contributed by atoms with van der Waals surface area (Å²) >= 11 is 5.97. The Labute approximate surface area is 95.2 Å². The molecule has 82 valence electrons. The topological polar surface area (TPSA) is 26.3 Å². The number of carbonyl (C=O) groups excluding carboxylic acids is 1. The van der Waals surface area contributed by atoms with Gasteiger partial charge in [-0.2, -0.15) is 0 Å². The average molecular weight is 227 g/mol. The van der Waals surface area contributed by atoms with Gasteiger partial charge in [-0.1, -0.05) is 36.7 Å². The maximum atomic E-state index is 11.7. The molecule has 1 unspecified atom stereocenters. The zero-order valence-electron chi connectivity index (χ0n) is 9.00. The molecule has 0 spiro atoms. The van der Waals surface area contributed by atoms with Crippen LogP contribution in [0.5, 0.6) is 0 Å². The SMILES string of the molecule is CCC(OC)C(=O)Cc1ccccc1Cl. The van der Waals surface area contributed by atoms with E-state index in [1.54, 1.807) is 13.2 Å². The standard InChI is InChI=1S/C12H15ClO2/c1-3-12(15-2)11(14)8-9-6-4-5-7-10(9)13/h4-7,12H,3,8H2,1-2H3. The Kier molecular flexibility index (Phi) is 4.79. The van der Waals surface area contributed by atoms with Crippen molar-refractivity contribution in [3.05, 3.63) is 34.9 Å². The van der Waals surface area contributed by atoms with E-state index in [0.717, 1.165) is 5.56 Å². The number of benzene rings is 1. The Morgan fingerprint density at radius 2 is 2.13 bits per heavy atom. The number of Topliss-reactive ketones (excluding diaryl/α,β-unsaturated/α-hetero) is 1. The lowest BCUT2D eigenvalue weighted by Gasteiger charge is -2.11. The van der Waals surface area contributed by atoms with Crippen LogP contribution in [0.2, 0.25) is 5.02 Å². The quantitative estimate of drug-likeness (QED) is 0.772. The molecular formula is C12H15ClO2. The molecule has 1 aromatic rings. The molecule has 0 radical (unpaired) electrons. The highest BCUT2D eigenvalue weighted by atomic mass is 35.5. The van der Waals surface area contributed by atoms with E-state index in [-0.39, 0.29) is 11.9 Å². The number of hydrogen-bond acceptors (Lipinski definition) is 2. The van der Waals surface area contributed by atoms with Gasteiger partial charge in [-0.05, 0) is 18.1 Å². The first-order chi connectivity index (χ1) is 7.19. The molecule has 0 saturated carbocycles. The third-order valence-corrected chi connectivity index (χ3v) is 2.71. The van der Waals surface area contributed by atoms with Gasteiger partial charge >= 0.3 is 0 Å². The summed E-state index contributed by atoms with van der Waals surface area (Å²) in [6, 6.07) is 7.38. The van der Waals surface area contributed by atoms with Crippen molar-refractivity contribution in [3.63, 3.8) is 0 Å². The molecule has 0 aliphatic carbocycles. The fraction of sp³-hybridized carbons (Fsp3) is 0.417. The van der Waals surface area contributed by atoms with Crippen LogP contribution in [0.15, 0.2) is 24.3 Å². The minimum Gasteiger partial charge on any atom is -0.374 e. The van der Waals surface area contributed by atoms with Crippen LogP contribution in [0.4, 0.5) is 0 Å². The molecule has 1 atom stereocenters. The van der Waals surface area contributed by atoms with E-state index in [1.165, 1.54) is 0 Å². The minimum atomic E-state index is -0.318. The minimum absolute atomic E-state index is 0.0769. The van der Waals surface area contributed by atoms with E-state index in [4.69, 9.17) is 16.3 Å². The molecule has 0 aliphatic rings. The van der Waals surface area contributed by atoms with E-state index < -0.39 is 0 Å². The van der Waals surface area contributed by atoms with Crippen LogP contribution in [-0.2, 0) is 16.0 Å². The van der Waals surface area contributed by atoms with Gasteiger partial charge in [-0.15, -0.1) is 0 Å². The van der Waals surface area contributed by atoms with Crippen molar-refractivity contribution in [1.29, 1.82) is 0 Å². The summed E-state index contributed by atoms with van der Waals surface area (Å²) in [4.78, 5) is 11.7. The van der Waals surface area contributed by atoms with E-state index in [9.17, 15) is 4.79 Å². The number of ketones is 1. The summed E-state index contributed by atoms with van der Waals surface area (Å²) in [5.74, 6) is 0.0769. The highest BCUT2D eigenvalue weighted by molar-refractivity contribution is 6.31. The van der Waals surface area contributed by atoms with Crippen LogP contribution in [0.3, 0.4) is 0 Å². The van der Waals surface area contributed by atoms with Crippen molar-refractivity contribution in [2.45, 2.75) is 25.9 Å². The number of halogens is 1. The van der Waals surface area contributed by atoms with Gasteiger partial charge < -0.3 is 4.74 Å². The van der Waals surface area contributed by atoms with Gasteiger partial charge in [0.2, 0.25) is 0 Å². The van der Waals surface area contributed by atoms with E-state index >= 15 is 0 Å².